The van der Waals surface area contributed by atoms with Crippen LogP contribution in [0.25, 0.3) is 16.7 Å². The summed E-state index contributed by atoms with van der Waals surface area (Å²) < 4.78 is 14.3. The van der Waals surface area contributed by atoms with Crippen LogP contribution in [-0.4, -0.2) is 10.9 Å². The van der Waals surface area contributed by atoms with Crippen molar-refractivity contribution in [3.05, 3.63) is 64.1 Å². The minimum Gasteiger partial charge on any atom is -0.511 e. The second-order valence-electron chi connectivity index (χ2n) is 6.99. The van der Waals surface area contributed by atoms with Gasteiger partial charge in [0.05, 0.1) is 5.57 Å². The normalized spacial score (nSPS) is 22.6. The van der Waals surface area contributed by atoms with Crippen LogP contribution in [0.4, 0.5) is 4.39 Å². The molecule has 1 N–H and O–H groups in total. The van der Waals surface area contributed by atoms with Crippen molar-refractivity contribution in [2.45, 2.75) is 26.2 Å². The second kappa shape index (κ2) is 5.99. The summed E-state index contributed by atoms with van der Waals surface area (Å²) >= 11 is 5.83. The highest BCUT2D eigenvalue weighted by Gasteiger charge is 2.41. The molecule has 0 spiro atoms. The lowest BCUT2D eigenvalue weighted by Gasteiger charge is -2.23. The molecule has 1 fully saturated rings. The van der Waals surface area contributed by atoms with Crippen molar-refractivity contribution in [3.8, 4) is 11.1 Å². The standard InChI is InChI=1S/C21H18ClFO2/c1-11-2-3-12(16-7-6-15(22)10-18(16)23)9-17(11)19-20(24)13-4-5-14(8-13)21(19)25/h2-3,6-7,9-10,13-14,24H,4-5,8H2,1H3. The first-order valence-electron chi connectivity index (χ1n) is 8.49. The summed E-state index contributed by atoms with van der Waals surface area (Å²) in [6.45, 7) is 1.90. The van der Waals surface area contributed by atoms with Gasteiger partial charge in [0.25, 0.3) is 0 Å². The number of aryl methyl sites for hydroxylation is 1. The molecular formula is C21H18ClFO2. The Kier molecular flexibility index (Phi) is 3.92. The predicted octanol–water partition coefficient (Wildman–Crippen LogP) is 5.72. The molecule has 4 rings (SSSR count). The van der Waals surface area contributed by atoms with E-state index in [9.17, 15) is 14.3 Å². The van der Waals surface area contributed by atoms with Gasteiger partial charge >= 0.3 is 0 Å². The Hall–Kier alpha value is -2.13. The number of aliphatic hydroxyl groups excluding tert-OH is 1. The number of hydrogen-bond acceptors (Lipinski definition) is 2. The maximum atomic E-state index is 14.3. The van der Waals surface area contributed by atoms with Crippen LogP contribution >= 0.6 is 11.6 Å². The Labute approximate surface area is 150 Å². The average molecular weight is 357 g/mol. The van der Waals surface area contributed by atoms with Gasteiger partial charge in [-0.05, 0) is 67.1 Å². The molecule has 2 aromatic rings. The zero-order valence-corrected chi connectivity index (χ0v) is 14.6. The largest absolute Gasteiger partial charge is 0.511 e. The number of halogens is 2. The molecule has 4 heteroatoms. The summed E-state index contributed by atoms with van der Waals surface area (Å²) in [4.78, 5) is 12.8. The minimum absolute atomic E-state index is 0.00576. The highest BCUT2D eigenvalue weighted by molar-refractivity contribution is 6.30. The van der Waals surface area contributed by atoms with E-state index >= 15 is 0 Å². The first-order chi connectivity index (χ1) is 12.0. The van der Waals surface area contributed by atoms with Crippen molar-refractivity contribution in [1.82, 2.24) is 0 Å². The first kappa shape index (κ1) is 16.3. The number of aliphatic hydroxyl groups is 1. The van der Waals surface area contributed by atoms with Gasteiger partial charge in [-0.2, -0.15) is 0 Å². The number of fused-ring (bicyclic) bond motifs is 2. The fourth-order valence-electron chi connectivity index (χ4n) is 4.06. The third-order valence-corrected chi connectivity index (χ3v) is 5.68. The van der Waals surface area contributed by atoms with Crippen LogP contribution in [-0.2, 0) is 4.79 Å². The van der Waals surface area contributed by atoms with E-state index in [1.54, 1.807) is 18.2 Å². The summed E-state index contributed by atoms with van der Waals surface area (Å²) in [5.41, 5.74) is 3.12. The van der Waals surface area contributed by atoms with E-state index in [-0.39, 0.29) is 23.4 Å². The van der Waals surface area contributed by atoms with E-state index in [4.69, 9.17) is 11.6 Å². The molecule has 0 amide bonds. The fourth-order valence-corrected chi connectivity index (χ4v) is 4.21. The maximum absolute atomic E-state index is 14.3. The van der Waals surface area contributed by atoms with E-state index in [1.807, 2.05) is 19.1 Å². The van der Waals surface area contributed by atoms with Gasteiger partial charge in [0.2, 0.25) is 0 Å². The van der Waals surface area contributed by atoms with Crippen LogP contribution in [0.3, 0.4) is 0 Å². The molecule has 2 nitrogen and oxygen atoms in total. The summed E-state index contributed by atoms with van der Waals surface area (Å²) in [5, 5.41) is 11.0. The predicted molar refractivity (Wildman–Crippen MR) is 97.0 cm³/mol. The number of carbonyl (C=O) groups excluding carboxylic acids is 1. The van der Waals surface area contributed by atoms with Gasteiger partial charge in [-0.15, -0.1) is 0 Å². The second-order valence-corrected chi connectivity index (χ2v) is 7.42. The molecule has 25 heavy (non-hydrogen) atoms. The summed E-state index contributed by atoms with van der Waals surface area (Å²) in [7, 11) is 0. The van der Waals surface area contributed by atoms with Crippen molar-refractivity contribution in [3.63, 3.8) is 0 Å². The summed E-state index contributed by atoms with van der Waals surface area (Å²) in [6, 6.07) is 10.0. The van der Waals surface area contributed by atoms with E-state index in [1.165, 1.54) is 6.07 Å². The molecule has 128 valence electrons. The van der Waals surface area contributed by atoms with Crippen LogP contribution in [0.2, 0.25) is 5.02 Å². The fraction of sp³-hybridized carbons (Fsp3) is 0.286. The zero-order chi connectivity index (χ0) is 17.7. The molecule has 0 saturated heterocycles. The van der Waals surface area contributed by atoms with Crippen LogP contribution in [0.15, 0.2) is 42.2 Å². The Balaban J connectivity index is 1.86. The third-order valence-electron chi connectivity index (χ3n) is 5.44. The Morgan fingerprint density at radius 2 is 1.84 bits per heavy atom. The Morgan fingerprint density at radius 1 is 1.08 bits per heavy atom. The molecule has 2 unspecified atom stereocenters. The number of Topliss-reactive ketones (excluding diaryl/α,β-unsaturated/α-hetero) is 1. The monoisotopic (exact) mass is 356 g/mol. The van der Waals surface area contributed by atoms with Gasteiger partial charge in [0, 0.05) is 22.4 Å². The van der Waals surface area contributed by atoms with Crippen LogP contribution in [0.5, 0.6) is 0 Å². The zero-order valence-electron chi connectivity index (χ0n) is 13.9. The first-order valence-corrected chi connectivity index (χ1v) is 8.87. The molecule has 2 aromatic carbocycles. The van der Waals surface area contributed by atoms with Gasteiger partial charge in [-0.1, -0.05) is 23.7 Å². The lowest BCUT2D eigenvalue weighted by molar-refractivity contribution is -0.117. The van der Waals surface area contributed by atoms with E-state index in [0.29, 0.717) is 27.3 Å². The molecule has 1 saturated carbocycles. The Bertz CT molecular complexity index is 916. The van der Waals surface area contributed by atoms with Crippen molar-refractivity contribution in [2.75, 3.05) is 0 Å². The van der Waals surface area contributed by atoms with Gasteiger partial charge < -0.3 is 5.11 Å². The quantitative estimate of drug-likeness (QED) is 0.746. The smallest absolute Gasteiger partial charge is 0.169 e. The lowest BCUT2D eigenvalue weighted by atomic mass is 9.81. The SMILES string of the molecule is Cc1ccc(-c2ccc(Cl)cc2F)cc1C1=C(O)C2CCC(C2)C1=O. The van der Waals surface area contributed by atoms with E-state index in [0.717, 1.165) is 24.8 Å². The van der Waals surface area contributed by atoms with Crippen LogP contribution in [0.1, 0.15) is 30.4 Å². The number of benzene rings is 2. The van der Waals surface area contributed by atoms with Gasteiger partial charge in [0.15, 0.2) is 5.78 Å². The van der Waals surface area contributed by atoms with Crippen molar-refractivity contribution in [2.24, 2.45) is 11.8 Å². The van der Waals surface area contributed by atoms with E-state index in [2.05, 4.69) is 0 Å². The molecule has 2 aliphatic rings. The number of carbonyl (C=O) groups is 1. The van der Waals surface area contributed by atoms with Gasteiger partial charge in [0.1, 0.15) is 11.6 Å². The van der Waals surface area contributed by atoms with Gasteiger partial charge in [-0.3, -0.25) is 4.79 Å². The van der Waals surface area contributed by atoms with Crippen molar-refractivity contribution >= 4 is 23.0 Å². The molecule has 0 radical (unpaired) electrons. The molecule has 0 aliphatic heterocycles. The average Bonchev–Trinajstić information content (AvgIpc) is 3.02. The number of hydrogen-bond donors (Lipinski definition) is 1. The van der Waals surface area contributed by atoms with Crippen molar-refractivity contribution < 1.29 is 14.3 Å². The van der Waals surface area contributed by atoms with Crippen molar-refractivity contribution in [1.29, 1.82) is 0 Å². The number of ketones is 1. The number of allylic oxidation sites excluding steroid dienone is 2. The maximum Gasteiger partial charge on any atom is 0.169 e. The molecule has 2 bridgehead atoms. The molecule has 0 aromatic heterocycles. The highest BCUT2D eigenvalue weighted by Crippen LogP contribution is 2.46. The topological polar surface area (TPSA) is 37.3 Å². The minimum atomic E-state index is -0.407. The number of rotatable bonds is 2. The van der Waals surface area contributed by atoms with E-state index < -0.39 is 5.82 Å². The molecule has 0 heterocycles. The summed E-state index contributed by atoms with van der Waals surface area (Å²) in [6.07, 6.45) is 2.44. The summed E-state index contributed by atoms with van der Waals surface area (Å²) in [5.74, 6) is -0.103. The molecule has 2 aliphatic carbocycles. The van der Waals surface area contributed by atoms with Crippen LogP contribution in [0, 0.1) is 24.6 Å². The Morgan fingerprint density at radius 3 is 2.60 bits per heavy atom. The molecule has 2 atom stereocenters. The third kappa shape index (κ3) is 2.67. The lowest BCUT2D eigenvalue weighted by Crippen LogP contribution is -2.21. The van der Waals surface area contributed by atoms with Gasteiger partial charge in [-0.25, -0.2) is 4.39 Å². The molecular weight excluding hydrogens is 339 g/mol. The van der Waals surface area contributed by atoms with Crippen LogP contribution < -0.4 is 0 Å². The highest BCUT2D eigenvalue weighted by atomic mass is 35.5.